The number of aromatic nitrogens is 3. The molecule has 1 saturated heterocycles. The Bertz CT molecular complexity index is 1840. The molecule has 0 amide bonds. The summed E-state index contributed by atoms with van der Waals surface area (Å²) < 4.78 is 14.8. The van der Waals surface area contributed by atoms with E-state index in [9.17, 15) is 4.39 Å². The molecule has 0 saturated carbocycles. The van der Waals surface area contributed by atoms with Crippen LogP contribution in [0.25, 0.3) is 33.3 Å². The van der Waals surface area contributed by atoms with Crippen LogP contribution < -0.4 is 10.6 Å². The lowest BCUT2D eigenvalue weighted by molar-refractivity contribution is 0.220. The third kappa shape index (κ3) is 8.35. The number of anilines is 1. The van der Waals surface area contributed by atoms with Crippen LogP contribution in [0.5, 0.6) is 0 Å². The summed E-state index contributed by atoms with van der Waals surface area (Å²) in [4.78, 5) is 6.92. The van der Waals surface area contributed by atoms with Crippen molar-refractivity contribution in [3.05, 3.63) is 126 Å². The summed E-state index contributed by atoms with van der Waals surface area (Å²) >= 11 is 0. The van der Waals surface area contributed by atoms with Gasteiger partial charge in [0.15, 0.2) is 0 Å². The molecule has 2 aromatic carbocycles. The average Bonchev–Trinajstić information content (AvgIpc) is 3.47. The predicted molar refractivity (Wildman–Crippen MR) is 196 cm³/mol. The molecule has 6 nitrogen and oxygen atoms in total. The van der Waals surface area contributed by atoms with E-state index in [2.05, 4.69) is 94.7 Å². The second kappa shape index (κ2) is 15.2. The number of nitrogens with zero attached hydrogens (tertiary/aromatic N) is 3. The highest BCUT2D eigenvalue weighted by atomic mass is 19.1. The van der Waals surface area contributed by atoms with Crippen LogP contribution in [0, 0.1) is 18.7 Å². The highest BCUT2D eigenvalue weighted by Gasteiger charge is 2.16. The van der Waals surface area contributed by atoms with Gasteiger partial charge in [-0.3, -0.25) is 15.0 Å². The topological polar surface area (TPSA) is 68.9 Å². The van der Waals surface area contributed by atoms with Gasteiger partial charge < -0.3 is 10.6 Å². The van der Waals surface area contributed by atoms with E-state index in [0.717, 1.165) is 87.4 Å². The Kier molecular flexibility index (Phi) is 10.9. The monoisotopic (exact) mass is 630 g/mol. The van der Waals surface area contributed by atoms with Gasteiger partial charge in [-0.15, -0.1) is 0 Å². The van der Waals surface area contributed by atoms with Gasteiger partial charge in [0, 0.05) is 35.1 Å². The highest BCUT2D eigenvalue weighted by molar-refractivity contribution is 5.95. The zero-order chi connectivity index (χ0) is 33.5. The highest BCUT2D eigenvalue weighted by Crippen LogP contribution is 2.32. The number of allylic oxidation sites excluding steroid dienone is 5. The van der Waals surface area contributed by atoms with Crippen molar-refractivity contribution in [2.24, 2.45) is 5.92 Å². The molecule has 3 heterocycles. The van der Waals surface area contributed by atoms with Crippen molar-refractivity contribution in [2.75, 3.05) is 18.4 Å². The fourth-order valence-corrected chi connectivity index (χ4v) is 6.26. The van der Waals surface area contributed by atoms with Crippen molar-refractivity contribution in [3.63, 3.8) is 0 Å². The predicted octanol–water partition coefficient (Wildman–Crippen LogP) is 9.76. The van der Waals surface area contributed by atoms with Crippen molar-refractivity contribution in [1.29, 1.82) is 0 Å². The summed E-state index contributed by atoms with van der Waals surface area (Å²) in [5.74, 6) is 0.277. The summed E-state index contributed by atoms with van der Waals surface area (Å²) in [6, 6.07) is 11.6. The Morgan fingerprint density at radius 2 is 1.87 bits per heavy atom. The number of H-pyrrole nitrogens is 1. The Morgan fingerprint density at radius 1 is 1.09 bits per heavy atom. The molecule has 4 aromatic rings. The first-order chi connectivity index (χ1) is 22.6. The first-order valence-corrected chi connectivity index (χ1v) is 16.5. The SMILES string of the molecule is C=C/C(=C\C(=C/C)c1ccc2[nH]nc(C(=C)Nc3cncc(-c4cc(F)cc(CN5CCCCC5)c4)c3C)c2c1)NC(=C)CC(C)C. The lowest BCUT2D eigenvalue weighted by Crippen LogP contribution is -2.29. The Labute approximate surface area is 278 Å². The van der Waals surface area contributed by atoms with Gasteiger partial charge in [0.25, 0.3) is 0 Å². The average molecular weight is 631 g/mol. The Morgan fingerprint density at radius 3 is 2.60 bits per heavy atom. The number of pyridine rings is 1. The second-order valence-electron chi connectivity index (χ2n) is 12.9. The molecule has 0 radical (unpaired) electrons. The summed E-state index contributed by atoms with van der Waals surface area (Å²) in [6.45, 7) is 23.8. The molecule has 0 bridgehead atoms. The maximum Gasteiger partial charge on any atom is 0.124 e. The second-order valence-corrected chi connectivity index (χ2v) is 12.9. The molecule has 3 N–H and O–H groups in total. The minimum Gasteiger partial charge on any atom is -0.359 e. The largest absolute Gasteiger partial charge is 0.359 e. The number of aromatic amines is 1. The molecule has 244 valence electrons. The van der Waals surface area contributed by atoms with Gasteiger partial charge in [-0.2, -0.15) is 5.10 Å². The van der Waals surface area contributed by atoms with Gasteiger partial charge in [-0.25, -0.2) is 4.39 Å². The Balaban J connectivity index is 1.38. The number of rotatable bonds is 13. The van der Waals surface area contributed by atoms with Crippen molar-refractivity contribution in [2.45, 2.75) is 59.9 Å². The minimum absolute atomic E-state index is 0.234. The molecule has 0 atom stereocenters. The van der Waals surface area contributed by atoms with E-state index >= 15 is 0 Å². The van der Waals surface area contributed by atoms with Crippen LogP contribution in [0.3, 0.4) is 0 Å². The van der Waals surface area contributed by atoms with Crippen molar-refractivity contribution < 1.29 is 4.39 Å². The number of likely N-dealkylation sites (tertiary alicyclic amines) is 1. The molecule has 0 unspecified atom stereocenters. The zero-order valence-corrected chi connectivity index (χ0v) is 28.2. The van der Waals surface area contributed by atoms with E-state index in [-0.39, 0.29) is 5.82 Å². The maximum absolute atomic E-state index is 14.8. The lowest BCUT2D eigenvalue weighted by Gasteiger charge is -2.26. The van der Waals surface area contributed by atoms with Gasteiger partial charge in [0.1, 0.15) is 11.5 Å². The van der Waals surface area contributed by atoms with Gasteiger partial charge in [0.2, 0.25) is 0 Å². The molecule has 5 rings (SSSR count). The van der Waals surface area contributed by atoms with E-state index < -0.39 is 0 Å². The quantitative estimate of drug-likeness (QED) is 0.128. The van der Waals surface area contributed by atoms with Crippen molar-refractivity contribution in [3.8, 4) is 11.1 Å². The van der Waals surface area contributed by atoms with Gasteiger partial charge in [-0.05, 0) is 122 Å². The molecule has 1 fully saturated rings. The number of fused-ring (bicyclic) bond motifs is 1. The van der Waals surface area contributed by atoms with Crippen molar-refractivity contribution >= 4 is 27.9 Å². The molecule has 1 aliphatic rings. The van der Waals surface area contributed by atoms with Gasteiger partial charge in [0.05, 0.1) is 23.1 Å². The lowest BCUT2D eigenvalue weighted by atomic mass is 9.98. The number of halogens is 1. The number of hydrogen-bond acceptors (Lipinski definition) is 5. The first kappa shape index (κ1) is 33.6. The van der Waals surface area contributed by atoms with Crippen LogP contribution in [-0.4, -0.2) is 33.2 Å². The molecular formula is C40H47FN6. The van der Waals surface area contributed by atoms with Crippen molar-refractivity contribution in [1.82, 2.24) is 25.4 Å². The van der Waals surface area contributed by atoms with Gasteiger partial charge in [-0.1, -0.05) is 52.1 Å². The third-order valence-corrected chi connectivity index (χ3v) is 8.62. The summed E-state index contributed by atoms with van der Waals surface area (Å²) in [6.07, 6.45) is 14.1. The Hall–Kier alpha value is -4.75. The van der Waals surface area contributed by atoms with Crippen LogP contribution in [-0.2, 0) is 6.54 Å². The number of hydrogen-bond donors (Lipinski definition) is 3. The smallest absolute Gasteiger partial charge is 0.124 e. The molecule has 7 heteroatoms. The standard InChI is InChI=1S/C40H47FN6/c1-8-31(21-35(9-2)43-27(5)17-26(3)4)32-13-14-38-36(22-32)40(46-45-38)29(7)44-39-24-42-23-37(28(39)6)33-18-30(19-34(41)20-33)25-47-15-11-10-12-16-47/h8-9,13-14,18-24,26,43-44H,2,5,7,10-12,15-17,25H2,1,3-4,6H3,(H,45,46)/b31-8+,35-21+. The zero-order valence-electron chi connectivity index (χ0n) is 28.2. The fraction of sp³-hybridized carbons (Fsp3) is 0.300. The molecule has 47 heavy (non-hydrogen) atoms. The molecule has 2 aromatic heterocycles. The summed E-state index contributed by atoms with van der Waals surface area (Å²) in [7, 11) is 0. The number of benzene rings is 2. The van der Waals surface area contributed by atoms with E-state index in [4.69, 9.17) is 0 Å². The molecule has 0 aliphatic carbocycles. The van der Waals surface area contributed by atoms with Crippen LogP contribution in [0.4, 0.5) is 10.1 Å². The van der Waals surface area contributed by atoms with Crippen LogP contribution in [0.1, 0.15) is 68.8 Å². The van der Waals surface area contributed by atoms with Crippen LogP contribution in [0.2, 0.25) is 0 Å². The molecule has 1 aliphatic heterocycles. The summed E-state index contributed by atoms with van der Waals surface area (Å²) in [5, 5.41) is 15.6. The number of piperidine rings is 1. The third-order valence-electron chi connectivity index (χ3n) is 8.62. The van der Waals surface area contributed by atoms with Crippen LogP contribution in [0.15, 0.2) is 98.2 Å². The normalized spacial score (nSPS) is 14.4. The number of nitrogens with one attached hydrogen (secondary N) is 3. The minimum atomic E-state index is -0.234. The maximum atomic E-state index is 14.8. The van der Waals surface area contributed by atoms with E-state index in [1.165, 1.54) is 19.3 Å². The van der Waals surface area contributed by atoms with E-state index in [1.807, 2.05) is 26.0 Å². The van der Waals surface area contributed by atoms with E-state index in [1.54, 1.807) is 24.5 Å². The first-order valence-electron chi connectivity index (χ1n) is 16.5. The van der Waals surface area contributed by atoms with E-state index in [0.29, 0.717) is 17.3 Å². The summed E-state index contributed by atoms with van der Waals surface area (Å²) in [5.41, 5.74) is 10.6. The molecule has 0 spiro atoms. The van der Waals surface area contributed by atoms with Crippen LogP contribution >= 0.6 is 0 Å². The fourth-order valence-electron chi connectivity index (χ4n) is 6.26. The van der Waals surface area contributed by atoms with Gasteiger partial charge >= 0.3 is 0 Å². The molecular weight excluding hydrogens is 583 g/mol.